The van der Waals surface area contributed by atoms with Gasteiger partial charge in [0.05, 0.1) is 11.9 Å². The molecular weight excluding hydrogens is 639 g/mol. The molecule has 7 aliphatic carbocycles. The van der Waals surface area contributed by atoms with Gasteiger partial charge >= 0.3 is 0 Å². The van der Waals surface area contributed by atoms with Crippen molar-refractivity contribution in [2.75, 3.05) is 30.5 Å². The van der Waals surface area contributed by atoms with Crippen molar-refractivity contribution in [3.63, 3.8) is 0 Å². The van der Waals surface area contributed by atoms with Crippen LogP contribution in [0.2, 0.25) is 0 Å². The average Bonchev–Trinajstić information content (AvgIpc) is 3.92. The monoisotopic (exact) mass is 670 g/mol. The van der Waals surface area contributed by atoms with Crippen LogP contribution in [0.25, 0.3) is 0 Å². The number of fused-ring (bicyclic) bond motifs is 1. The van der Waals surface area contributed by atoms with E-state index in [0.29, 0.717) is 5.56 Å². The number of anilines is 2. The van der Waals surface area contributed by atoms with Crippen molar-refractivity contribution in [3.05, 3.63) is 65.2 Å². The van der Waals surface area contributed by atoms with Gasteiger partial charge in [0, 0.05) is 50.2 Å². The Kier molecular flexibility index (Phi) is 5.53. The minimum absolute atomic E-state index is 0.0346. The van der Waals surface area contributed by atoms with Gasteiger partial charge in [0.2, 0.25) is 10.0 Å². The number of carbonyl (C=O) groups excluding carboxylic acids is 1. The molecule has 8 atom stereocenters. The third-order valence-corrected chi connectivity index (χ3v) is 13.6. The summed E-state index contributed by atoms with van der Waals surface area (Å²) in [6, 6.07) is 9.49. The van der Waals surface area contributed by atoms with Crippen molar-refractivity contribution in [2.24, 2.45) is 57.7 Å². The van der Waals surface area contributed by atoms with Crippen LogP contribution in [0.3, 0.4) is 0 Å². The van der Waals surface area contributed by atoms with E-state index in [1.807, 2.05) is 0 Å². The predicted octanol–water partition coefficient (Wildman–Crippen LogP) is 2.54. The first-order chi connectivity index (χ1) is 21.8. The Morgan fingerprint density at radius 1 is 1.02 bits per heavy atom. The van der Waals surface area contributed by atoms with Crippen molar-refractivity contribution in [1.29, 1.82) is 0 Å². The summed E-state index contributed by atoms with van der Waals surface area (Å²) < 4.78 is 82.6. The smallest absolute Gasteiger partial charge is 0.286 e. The molecule has 7 saturated carbocycles. The van der Waals surface area contributed by atoms with Crippen LogP contribution in [-0.2, 0) is 40.9 Å². The fourth-order valence-electron chi connectivity index (χ4n) is 10.6. The molecule has 3 N–H and O–H groups in total. The fraction of sp³-hybridized carbons (Fsp3) is 0.484. The molecule has 0 radical (unpaired) electrons. The number of amides is 1. The molecular formula is C31H31FN4O8S2. The second-order valence-corrected chi connectivity index (χ2v) is 16.9. The number of halogens is 1. The first kappa shape index (κ1) is 28.7. The highest BCUT2D eigenvalue weighted by Crippen LogP contribution is 2.90. The molecule has 242 valence electrons. The molecule has 11 rings (SSSR count). The molecule has 0 spiro atoms. The normalized spacial score (nSPS) is 38.0. The molecule has 2 aliphatic heterocycles. The van der Waals surface area contributed by atoms with Gasteiger partial charge in [-0.1, -0.05) is 12.1 Å². The van der Waals surface area contributed by atoms with Crippen molar-refractivity contribution >= 4 is 43.2 Å². The van der Waals surface area contributed by atoms with Crippen LogP contribution in [0.1, 0.15) is 5.56 Å². The summed E-state index contributed by atoms with van der Waals surface area (Å²) in [6.07, 6.45) is 0.948. The summed E-state index contributed by atoms with van der Waals surface area (Å²) >= 11 is 0. The third-order valence-electron chi connectivity index (χ3n) is 11.7. The van der Waals surface area contributed by atoms with E-state index in [9.17, 15) is 31.1 Å². The summed E-state index contributed by atoms with van der Waals surface area (Å²) in [4.78, 5) is 16.0. The second kappa shape index (κ2) is 8.88. The Balaban J connectivity index is 1.15. The molecule has 8 bridgehead atoms. The summed E-state index contributed by atoms with van der Waals surface area (Å²) in [7, 11) is -4.73. The Bertz CT molecular complexity index is 2000. The summed E-state index contributed by atoms with van der Waals surface area (Å²) in [5.41, 5.74) is 0.611. The van der Waals surface area contributed by atoms with Gasteiger partial charge in [-0.2, -0.15) is 8.42 Å². The van der Waals surface area contributed by atoms with Gasteiger partial charge in [-0.25, -0.2) is 12.8 Å². The highest BCUT2D eigenvalue weighted by atomic mass is 32.2. The van der Waals surface area contributed by atoms with Crippen molar-refractivity contribution < 1.29 is 40.6 Å². The molecule has 2 aromatic carbocycles. The predicted molar refractivity (Wildman–Crippen MR) is 162 cm³/mol. The first-order valence-corrected chi connectivity index (χ1v) is 18.5. The minimum atomic E-state index is -4.42. The van der Waals surface area contributed by atoms with Gasteiger partial charge in [-0.3, -0.25) is 9.52 Å². The zero-order chi connectivity index (χ0) is 32.2. The van der Waals surface area contributed by atoms with Crippen LogP contribution in [-0.4, -0.2) is 70.9 Å². The largest absolute Gasteiger partial charge is 0.511 e. The standard InChI is InChI=1S/C31H31FN4O8S2/c1-43-31(44-2)25-18-17-19-21(26(19)31)22(20(18)25)27-23(17)28(37)24(30(38)36(27)11-12-4-6-13(32)7-5-12)29-33-15-9-8-14(34-45(3,39)40)10-16(15)46(41,42)35-29/h4-10,17-23,25-27,34,37H,11H2,1-3H3,(H,33,35)/t17?,18?,19?,20?,21?,22?,23-,25?,26?,27+/m1/s1. The van der Waals surface area contributed by atoms with Crippen molar-refractivity contribution in [2.45, 2.75) is 23.3 Å². The molecule has 7 fully saturated rings. The topological polar surface area (TPSA) is 164 Å². The molecule has 0 aromatic heterocycles. The number of ether oxygens (including phenoxy) is 2. The lowest BCUT2D eigenvalue weighted by atomic mass is 9.59. The zero-order valence-electron chi connectivity index (χ0n) is 24.9. The van der Waals surface area contributed by atoms with Crippen LogP contribution in [0.15, 0.2) is 63.1 Å². The quantitative estimate of drug-likeness (QED) is 0.376. The molecule has 2 aromatic rings. The molecule has 0 saturated heterocycles. The molecule has 15 heteroatoms. The van der Waals surface area contributed by atoms with Gasteiger partial charge < -0.3 is 24.8 Å². The number of hydrogen-bond acceptors (Lipinski definition) is 9. The second-order valence-electron chi connectivity index (χ2n) is 13.6. The van der Waals surface area contributed by atoms with E-state index in [4.69, 9.17) is 9.47 Å². The molecule has 2 heterocycles. The van der Waals surface area contributed by atoms with E-state index in [2.05, 4.69) is 14.4 Å². The van der Waals surface area contributed by atoms with Crippen LogP contribution in [0.4, 0.5) is 15.8 Å². The molecule has 1 amide bonds. The zero-order valence-corrected chi connectivity index (χ0v) is 26.5. The van der Waals surface area contributed by atoms with Crippen molar-refractivity contribution in [3.8, 4) is 0 Å². The van der Waals surface area contributed by atoms with E-state index in [1.165, 1.54) is 24.3 Å². The van der Waals surface area contributed by atoms with Gasteiger partial charge in [0.15, 0.2) is 11.6 Å². The number of benzene rings is 2. The van der Waals surface area contributed by atoms with E-state index in [1.54, 1.807) is 31.3 Å². The molecule has 9 aliphatic rings. The van der Waals surface area contributed by atoms with E-state index < -0.39 is 43.5 Å². The highest BCUT2D eigenvalue weighted by molar-refractivity contribution is 7.92. The lowest BCUT2D eigenvalue weighted by Gasteiger charge is -2.54. The number of nitrogens with zero attached hydrogens (tertiary/aromatic N) is 2. The Hall–Kier alpha value is -3.53. The number of aliphatic hydroxyl groups is 1. The number of aliphatic hydroxyl groups excluding tert-OH is 1. The van der Waals surface area contributed by atoms with E-state index in [-0.39, 0.29) is 93.4 Å². The number of carbonyl (C=O) groups is 1. The van der Waals surface area contributed by atoms with Crippen LogP contribution in [0.5, 0.6) is 0 Å². The van der Waals surface area contributed by atoms with Crippen LogP contribution < -0.4 is 10.0 Å². The third kappa shape index (κ3) is 3.54. The number of sulfonamides is 2. The fourth-order valence-corrected chi connectivity index (χ4v) is 12.3. The average molecular weight is 671 g/mol. The van der Waals surface area contributed by atoms with E-state index in [0.717, 1.165) is 12.3 Å². The lowest BCUT2D eigenvalue weighted by Crippen LogP contribution is -2.61. The number of rotatable bonds is 7. The molecule has 46 heavy (non-hydrogen) atoms. The Labute approximate surface area is 264 Å². The number of methoxy groups -OCH3 is 2. The summed E-state index contributed by atoms with van der Waals surface area (Å²) in [5.74, 6) is -1.12. The maximum Gasteiger partial charge on any atom is 0.286 e. The lowest BCUT2D eigenvalue weighted by molar-refractivity contribution is -0.255. The van der Waals surface area contributed by atoms with Gasteiger partial charge in [0.1, 0.15) is 22.0 Å². The maximum atomic E-state index is 14.5. The minimum Gasteiger partial charge on any atom is -0.511 e. The van der Waals surface area contributed by atoms with Gasteiger partial charge in [-0.15, -0.1) is 4.40 Å². The van der Waals surface area contributed by atoms with Crippen molar-refractivity contribution in [1.82, 2.24) is 4.90 Å². The SMILES string of the molecule is COC1(OC)C2C3C2C2C4C(C3[C@H]3C(O)=C(C5=NS(=O)(=O)c6cc(NS(C)(=O)=O)ccc6N5)C(=O)N(Cc5ccc(F)cc5)[C@@H]23)C41. The number of amidine groups is 1. The van der Waals surface area contributed by atoms with Gasteiger partial charge in [0.25, 0.3) is 15.9 Å². The Morgan fingerprint density at radius 3 is 2.26 bits per heavy atom. The maximum absolute atomic E-state index is 14.5. The number of nitrogens with one attached hydrogen (secondary N) is 2. The Morgan fingerprint density at radius 2 is 1.65 bits per heavy atom. The van der Waals surface area contributed by atoms with E-state index >= 15 is 0 Å². The molecule has 12 nitrogen and oxygen atoms in total. The van der Waals surface area contributed by atoms with Crippen LogP contribution in [0, 0.1) is 59.1 Å². The van der Waals surface area contributed by atoms with Crippen LogP contribution >= 0.6 is 0 Å². The number of hydrogen-bond donors (Lipinski definition) is 3. The summed E-state index contributed by atoms with van der Waals surface area (Å²) in [6.45, 7) is 0.140. The van der Waals surface area contributed by atoms with Gasteiger partial charge in [-0.05, 0) is 71.4 Å². The molecule has 6 unspecified atom stereocenters. The first-order valence-electron chi connectivity index (χ1n) is 15.1. The summed E-state index contributed by atoms with van der Waals surface area (Å²) in [5, 5.41) is 15.0. The highest BCUT2D eigenvalue weighted by Gasteiger charge is 2.93.